The van der Waals surface area contributed by atoms with Crippen molar-refractivity contribution in [3.63, 3.8) is 0 Å². The van der Waals surface area contributed by atoms with Crippen LogP contribution in [-0.2, 0) is 4.74 Å². The van der Waals surface area contributed by atoms with Gasteiger partial charge in [0.2, 0.25) is 0 Å². The van der Waals surface area contributed by atoms with E-state index < -0.39 is 11.9 Å². The van der Waals surface area contributed by atoms with Crippen molar-refractivity contribution in [2.45, 2.75) is 0 Å². The van der Waals surface area contributed by atoms with E-state index in [0.717, 1.165) is 0 Å². The highest BCUT2D eigenvalue weighted by Gasteiger charge is 2.28. The number of nitrogens with two attached hydrogens (primary N) is 1. The van der Waals surface area contributed by atoms with Gasteiger partial charge in [0.15, 0.2) is 0 Å². The number of hydrogen-bond acceptors (Lipinski definition) is 5. The third-order valence-electron chi connectivity index (χ3n) is 3.10. The van der Waals surface area contributed by atoms with Gasteiger partial charge in [0.05, 0.1) is 22.5 Å². The summed E-state index contributed by atoms with van der Waals surface area (Å²) in [4.78, 5) is 23.4. The number of nitrogen functional groups attached to an aromatic ring is 1. The molecule has 1 aliphatic rings. The van der Waals surface area contributed by atoms with Crippen molar-refractivity contribution >= 4 is 34.1 Å². The van der Waals surface area contributed by atoms with Crippen molar-refractivity contribution in [3.8, 4) is 0 Å². The first-order valence-corrected chi connectivity index (χ1v) is 5.43. The summed E-state index contributed by atoms with van der Waals surface area (Å²) in [6, 6.07) is 6.73. The van der Waals surface area contributed by atoms with Crippen LogP contribution in [0.4, 0.5) is 11.4 Å². The number of esters is 2. The lowest BCUT2D eigenvalue weighted by atomic mass is 9.95. The fourth-order valence-corrected chi connectivity index (χ4v) is 2.24. The van der Waals surface area contributed by atoms with E-state index in [2.05, 4.69) is 5.32 Å². The molecule has 2 aromatic carbocycles. The van der Waals surface area contributed by atoms with E-state index >= 15 is 0 Å². The molecule has 0 saturated carbocycles. The average molecular weight is 242 g/mol. The largest absolute Gasteiger partial charge is 0.397 e. The Morgan fingerprint density at radius 1 is 1.17 bits per heavy atom. The topological polar surface area (TPSA) is 81.4 Å². The van der Waals surface area contributed by atoms with Crippen LogP contribution >= 0.6 is 0 Å². The van der Waals surface area contributed by atoms with E-state index in [1.807, 2.05) is 0 Å². The molecule has 0 spiro atoms. The highest BCUT2D eigenvalue weighted by Crippen LogP contribution is 2.36. The Balaban J connectivity index is 2.54. The Morgan fingerprint density at radius 3 is 2.61 bits per heavy atom. The molecule has 0 saturated heterocycles. The van der Waals surface area contributed by atoms with Gasteiger partial charge in [-0.2, -0.15) is 0 Å². The maximum atomic E-state index is 11.8. The minimum absolute atomic E-state index is 0.360. The quantitative estimate of drug-likeness (QED) is 0.452. The van der Waals surface area contributed by atoms with Crippen LogP contribution < -0.4 is 11.1 Å². The number of ether oxygens (including phenoxy) is 1. The van der Waals surface area contributed by atoms with E-state index in [1.165, 1.54) is 0 Å². The lowest BCUT2D eigenvalue weighted by molar-refractivity contribution is 0.0391. The Kier molecular flexibility index (Phi) is 2.04. The number of carbonyl (C=O) groups is 2. The first-order valence-electron chi connectivity index (χ1n) is 5.43. The van der Waals surface area contributed by atoms with Crippen LogP contribution in [0.1, 0.15) is 20.7 Å². The molecule has 0 atom stereocenters. The third-order valence-corrected chi connectivity index (χ3v) is 3.10. The van der Waals surface area contributed by atoms with E-state index in [0.29, 0.717) is 33.3 Å². The molecule has 18 heavy (non-hydrogen) atoms. The second-order valence-corrected chi connectivity index (χ2v) is 4.04. The van der Waals surface area contributed by atoms with Crippen LogP contribution in [0.25, 0.3) is 10.8 Å². The fourth-order valence-electron chi connectivity index (χ4n) is 2.24. The van der Waals surface area contributed by atoms with Crippen LogP contribution in [0.15, 0.2) is 24.3 Å². The Morgan fingerprint density at radius 2 is 1.89 bits per heavy atom. The van der Waals surface area contributed by atoms with Crippen molar-refractivity contribution in [1.82, 2.24) is 0 Å². The number of nitrogens with one attached hydrogen (secondary N) is 1. The molecule has 5 nitrogen and oxygen atoms in total. The second kappa shape index (κ2) is 3.46. The van der Waals surface area contributed by atoms with Crippen molar-refractivity contribution in [3.05, 3.63) is 35.4 Å². The lowest BCUT2D eigenvalue weighted by Crippen LogP contribution is -2.20. The molecule has 2 aromatic rings. The van der Waals surface area contributed by atoms with Gasteiger partial charge in [-0.3, -0.25) is 0 Å². The summed E-state index contributed by atoms with van der Waals surface area (Å²) in [5, 5.41) is 4.16. The molecule has 0 aliphatic carbocycles. The summed E-state index contributed by atoms with van der Waals surface area (Å²) in [7, 11) is 1.72. The van der Waals surface area contributed by atoms with Gasteiger partial charge >= 0.3 is 11.9 Å². The zero-order valence-corrected chi connectivity index (χ0v) is 9.61. The van der Waals surface area contributed by atoms with Crippen molar-refractivity contribution in [2.24, 2.45) is 0 Å². The molecule has 0 bridgehead atoms. The average Bonchev–Trinajstić information content (AvgIpc) is 2.37. The fraction of sp³-hybridized carbons (Fsp3) is 0.0769. The summed E-state index contributed by atoms with van der Waals surface area (Å²) in [5.74, 6) is -1.27. The standard InChI is InChI=1S/C13H10N2O3/c1-15-9-5-8-10-6(11(9)14)3-2-4-7(10)12(16)18-13(8)17/h2-5,15H,14H2,1H3. The summed E-state index contributed by atoms with van der Waals surface area (Å²) >= 11 is 0. The molecule has 90 valence electrons. The van der Waals surface area contributed by atoms with Crippen molar-refractivity contribution in [2.75, 3.05) is 18.1 Å². The van der Waals surface area contributed by atoms with Crippen LogP contribution in [0.2, 0.25) is 0 Å². The molecule has 0 unspecified atom stereocenters. The molecule has 0 fully saturated rings. The number of hydrogen-bond donors (Lipinski definition) is 2. The molecule has 5 heteroatoms. The maximum Gasteiger partial charge on any atom is 0.346 e. The normalized spacial score (nSPS) is 13.6. The molecule has 0 amide bonds. The minimum atomic E-state index is -0.639. The second-order valence-electron chi connectivity index (χ2n) is 4.04. The zero-order chi connectivity index (χ0) is 12.9. The first kappa shape index (κ1) is 10.6. The molecular formula is C13H10N2O3. The van der Waals surface area contributed by atoms with Crippen LogP contribution in [0.5, 0.6) is 0 Å². The Labute approximate surface area is 103 Å². The number of benzene rings is 2. The monoisotopic (exact) mass is 242 g/mol. The van der Waals surface area contributed by atoms with Gasteiger partial charge in [-0.1, -0.05) is 12.1 Å². The lowest BCUT2D eigenvalue weighted by Gasteiger charge is -2.18. The molecule has 1 aliphatic heterocycles. The number of rotatable bonds is 1. The SMILES string of the molecule is CNc1cc2c3c(cccc3c1N)C(=O)OC2=O. The van der Waals surface area contributed by atoms with Crippen molar-refractivity contribution in [1.29, 1.82) is 0 Å². The van der Waals surface area contributed by atoms with E-state index in [1.54, 1.807) is 31.3 Å². The van der Waals surface area contributed by atoms with Crippen LogP contribution in [0, 0.1) is 0 Å². The Hall–Kier alpha value is -2.56. The zero-order valence-electron chi connectivity index (χ0n) is 9.61. The Bertz CT molecular complexity index is 707. The summed E-state index contributed by atoms with van der Waals surface area (Å²) in [5.41, 5.74) is 7.90. The highest BCUT2D eigenvalue weighted by atomic mass is 16.6. The highest BCUT2D eigenvalue weighted by molar-refractivity contribution is 6.23. The molecule has 0 aromatic heterocycles. The predicted octanol–water partition coefficient (Wildman–Crippen LogP) is 1.77. The molecule has 3 rings (SSSR count). The number of anilines is 2. The molecular weight excluding hydrogens is 232 g/mol. The van der Waals surface area contributed by atoms with Gasteiger partial charge in [-0.15, -0.1) is 0 Å². The third kappa shape index (κ3) is 1.21. The van der Waals surface area contributed by atoms with Gasteiger partial charge in [-0.25, -0.2) is 9.59 Å². The van der Waals surface area contributed by atoms with E-state index in [4.69, 9.17) is 10.5 Å². The minimum Gasteiger partial charge on any atom is -0.397 e. The van der Waals surface area contributed by atoms with E-state index in [9.17, 15) is 9.59 Å². The van der Waals surface area contributed by atoms with Crippen LogP contribution in [0.3, 0.4) is 0 Å². The summed E-state index contributed by atoms with van der Waals surface area (Å²) < 4.78 is 4.70. The number of carbonyl (C=O) groups excluding carboxylic acids is 2. The van der Waals surface area contributed by atoms with Gasteiger partial charge in [-0.05, 0) is 12.1 Å². The van der Waals surface area contributed by atoms with Gasteiger partial charge < -0.3 is 15.8 Å². The van der Waals surface area contributed by atoms with Gasteiger partial charge in [0, 0.05) is 17.8 Å². The predicted molar refractivity (Wildman–Crippen MR) is 67.7 cm³/mol. The molecule has 0 radical (unpaired) electrons. The van der Waals surface area contributed by atoms with Gasteiger partial charge in [0.25, 0.3) is 0 Å². The van der Waals surface area contributed by atoms with Crippen LogP contribution in [-0.4, -0.2) is 19.0 Å². The summed E-state index contributed by atoms with van der Waals surface area (Å²) in [6.45, 7) is 0. The van der Waals surface area contributed by atoms with Gasteiger partial charge in [0.1, 0.15) is 0 Å². The number of cyclic esters (lactones) is 2. The summed E-state index contributed by atoms with van der Waals surface area (Å²) in [6.07, 6.45) is 0. The maximum absolute atomic E-state index is 11.8. The molecule has 1 heterocycles. The smallest absolute Gasteiger partial charge is 0.346 e. The van der Waals surface area contributed by atoms with Crippen molar-refractivity contribution < 1.29 is 14.3 Å². The first-order chi connectivity index (χ1) is 8.63. The molecule has 3 N–H and O–H groups in total. The van der Waals surface area contributed by atoms with E-state index in [-0.39, 0.29) is 0 Å².